The van der Waals surface area contributed by atoms with Crippen molar-refractivity contribution >= 4 is 17.5 Å². The summed E-state index contributed by atoms with van der Waals surface area (Å²) in [5.41, 5.74) is 1.97. The van der Waals surface area contributed by atoms with E-state index in [1.807, 2.05) is 37.3 Å². The molecular weight excluding hydrogens is 354 g/mol. The molecular formula is C20H22ClNO4. The quantitative estimate of drug-likeness (QED) is 0.784. The molecule has 1 heterocycles. The zero-order valence-corrected chi connectivity index (χ0v) is 15.5. The number of hydrogen-bond acceptors (Lipinski definition) is 4. The van der Waals surface area contributed by atoms with Crippen molar-refractivity contribution in [3.05, 3.63) is 52.5 Å². The highest BCUT2D eigenvalue weighted by atomic mass is 35.5. The molecule has 0 aliphatic carbocycles. The lowest BCUT2D eigenvalue weighted by Crippen LogP contribution is -2.29. The monoisotopic (exact) mass is 375 g/mol. The van der Waals surface area contributed by atoms with Crippen molar-refractivity contribution in [3.63, 3.8) is 0 Å². The van der Waals surface area contributed by atoms with E-state index < -0.39 is 0 Å². The molecule has 0 spiro atoms. The van der Waals surface area contributed by atoms with Gasteiger partial charge in [-0.15, -0.1) is 0 Å². The van der Waals surface area contributed by atoms with Crippen molar-refractivity contribution in [3.8, 4) is 17.2 Å². The van der Waals surface area contributed by atoms with Crippen molar-refractivity contribution in [2.45, 2.75) is 19.8 Å². The number of rotatable bonds is 6. The number of carbonyl (C=O) groups is 1. The summed E-state index contributed by atoms with van der Waals surface area (Å²) < 4.78 is 16.8. The predicted molar refractivity (Wildman–Crippen MR) is 100 cm³/mol. The van der Waals surface area contributed by atoms with E-state index in [9.17, 15) is 4.79 Å². The van der Waals surface area contributed by atoms with Gasteiger partial charge in [-0.05, 0) is 36.8 Å². The molecule has 0 atom stereocenters. The Morgan fingerprint density at radius 2 is 1.96 bits per heavy atom. The maximum Gasteiger partial charge on any atom is 0.224 e. The minimum atomic E-state index is -0.0944. The number of amides is 1. The average molecular weight is 376 g/mol. The Hall–Kier alpha value is -2.40. The van der Waals surface area contributed by atoms with Gasteiger partial charge >= 0.3 is 0 Å². The normalized spacial score (nSPS) is 13.0. The zero-order valence-electron chi connectivity index (χ0n) is 14.7. The van der Waals surface area contributed by atoms with Crippen LogP contribution >= 0.6 is 11.6 Å². The number of ether oxygens (including phenoxy) is 3. The third-order valence-electron chi connectivity index (χ3n) is 3.94. The van der Waals surface area contributed by atoms with Crippen LogP contribution in [0.3, 0.4) is 0 Å². The minimum absolute atomic E-state index is 0.0944. The number of halogens is 1. The van der Waals surface area contributed by atoms with E-state index in [1.165, 1.54) is 5.56 Å². The molecule has 1 aliphatic heterocycles. The molecule has 0 saturated carbocycles. The molecule has 0 radical (unpaired) electrons. The van der Waals surface area contributed by atoms with Crippen LogP contribution in [0.25, 0.3) is 0 Å². The Bertz CT molecular complexity index is 761. The van der Waals surface area contributed by atoms with Crippen LogP contribution in [0.1, 0.15) is 17.5 Å². The van der Waals surface area contributed by atoms with Crippen LogP contribution in [0, 0.1) is 6.92 Å². The highest BCUT2D eigenvalue weighted by molar-refractivity contribution is 6.32. The van der Waals surface area contributed by atoms with Gasteiger partial charge in [-0.3, -0.25) is 4.79 Å². The molecule has 0 fully saturated rings. The molecule has 2 aromatic rings. The summed E-state index contributed by atoms with van der Waals surface area (Å²) in [6.45, 7) is 4.03. The second-order valence-electron chi connectivity index (χ2n) is 6.14. The van der Waals surface area contributed by atoms with E-state index in [-0.39, 0.29) is 12.3 Å². The van der Waals surface area contributed by atoms with Crippen LogP contribution in [-0.4, -0.2) is 32.3 Å². The second-order valence-corrected chi connectivity index (χ2v) is 6.55. The molecule has 0 saturated heterocycles. The zero-order chi connectivity index (χ0) is 18.4. The van der Waals surface area contributed by atoms with E-state index in [4.69, 9.17) is 25.8 Å². The van der Waals surface area contributed by atoms with Crippen molar-refractivity contribution in [2.24, 2.45) is 0 Å². The van der Waals surface area contributed by atoms with Crippen molar-refractivity contribution in [1.29, 1.82) is 0 Å². The summed E-state index contributed by atoms with van der Waals surface area (Å²) >= 11 is 6.25. The van der Waals surface area contributed by atoms with E-state index in [0.717, 1.165) is 17.7 Å². The number of nitrogens with one attached hydrogen (secondary N) is 1. The van der Waals surface area contributed by atoms with Gasteiger partial charge in [0.05, 0.1) is 31.2 Å². The fourth-order valence-corrected chi connectivity index (χ4v) is 2.92. The second kappa shape index (κ2) is 8.81. The summed E-state index contributed by atoms with van der Waals surface area (Å²) in [7, 11) is 0. The van der Waals surface area contributed by atoms with Crippen molar-refractivity contribution in [1.82, 2.24) is 5.32 Å². The Balaban J connectivity index is 1.48. The van der Waals surface area contributed by atoms with Crippen molar-refractivity contribution in [2.75, 3.05) is 26.4 Å². The third-order valence-corrected chi connectivity index (χ3v) is 4.22. The molecule has 1 N–H and O–H groups in total. The van der Waals surface area contributed by atoms with Crippen molar-refractivity contribution < 1.29 is 19.0 Å². The lowest BCUT2D eigenvalue weighted by Gasteiger charge is -2.12. The van der Waals surface area contributed by atoms with Gasteiger partial charge in [-0.2, -0.15) is 0 Å². The summed E-state index contributed by atoms with van der Waals surface area (Å²) in [6.07, 6.45) is 1.03. The van der Waals surface area contributed by atoms with Gasteiger partial charge in [0.1, 0.15) is 12.4 Å². The summed E-state index contributed by atoms with van der Waals surface area (Å²) in [5.74, 6) is 1.85. The van der Waals surface area contributed by atoms with E-state index >= 15 is 0 Å². The van der Waals surface area contributed by atoms with Gasteiger partial charge in [-0.1, -0.05) is 29.3 Å². The highest BCUT2D eigenvalue weighted by Crippen LogP contribution is 2.38. The van der Waals surface area contributed by atoms with Gasteiger partial charge in [0, 0.05) is 6.42 Å². The van der Waals surface area contributed by atoms with Gasteiger partial charge < -0.3 is 19.5 Å². The van der Waals surface area contributed by atoms with E-state index in [0.29, 0.717) is 42.9 Å². The van der Waals surface area contributed by atoms with Gasteiger partial charge in [0.2, 0.25) is 5.91 Å². The molecule has 2 aromatic carbocycles. The fraction of sp³-hybridized carbons (Fsp3) is 0.350. The Morgan fingerprint density at radius 3 is 2.77 bits per heavy atom. The smallest absolute Gasteiger partial charge is 0.224 e. The van der Waals surface area contributed by atoms with E-state index in [1.54, 1.807) is 6.07 Å². The van der Waals surface area contributed by atoms with Crippen LogP contribution in [0.15, 0.2) is 36.4 Å². The Kier molecular flexibility index (Phi) is 6.23. The third kappa shape index (κ3) is 5.05. The number of fused-ring (bicyclic) bond motifs is 1. The first-order valence-electron chi connectivity index (χ1n) is 8.66. The summed E-state index contributed by atoms with van der Waals surface area (Å²) in [6, 6.07) is 11.4. The van der Waals surface area contributed by atoms with Crippen LogP contribution in [-0.2, 0) is 11.2 Å². The van der Waals surface area contributed by atoms with E-state index in [2.05, 4.69) is 5.32 Å². The Morgan fingerprint density at radius 1 is 1.19 bits per heavy atom. The molecule has 0 unspecified atom stereocenters. The first kappa shape index (κ1) is 18.4. The predicted octanol–water partition coefficient (Wildman–Crippen LogP) is 3.55. The standard InChI is InChI=1S/C20H22ClNO4/c1-14-3-5-16(6-4-14)24-10-7-22-19(23)13-15-11-17(21)20-18(12-15)25-8-2-9-26-20/h3-6,11-12H,2,7-10,13H2,1H3,(H,22,23). The SMILES string of the molecule is Cc1ccc(OCCNC(=O)Cc2cc(Cl)c3c(c2)OCCCO3)cc1. The molecule has 1 amide bonds. The molecule has 5 nitrogen and oxygen atoms in total. The first-order chi connectivity index (χ1) is 12.6. The summed E-state index contributed by atoms with van der Waals surface area (Å²) in [5, 5.41) is 3.31. The fourth-order valence-electron chi connectivity index (χ4n) is 2.63. The minimum Gasteiger partial charge on any atom is -0.492 e. The average Bonchev–Trinajstić information content (AvgIpc) is 2.86. The number of benzene rings is 2. The highest BCUT2D eigenvalue weighted by Gasteiger charge is 2.16. The molecule has 1 aliphatic rings. The van der Waals surface area contributed by atoms with Gasteiger partial charge in [-0.25, -0.2) is 0 Å². The van der Waals surface area contributed by atoms with Crippen LogP contribution in [0.4, 0.5) is 0 Å². The lowest BCUT2D eigenvalue weighted by molar-refractivity contribution is -0.120. The van der Waals surface area contributed by atoms with Gasteiger partial charge in [0.15, 0.2) is 11.5 Å². The topological polar surface area (TPSA) is 56.8 Å². The molecule has 6 heteroatoms. The van der Waals surface area contributed by atoms with Crippen LogP contribution < -0.4 is 19.5 Å². The molecule has 3 rings (SSSR count). The van der Waals surface area contributed by atoms with Gasteiger partial charge in [0.25, 0.3) is 0 Å². The maximum absolute atomic E-state index is 12.1. The maximum atomic E-state index is 12.1. The van der Waals surface area contributed by atoms with Crippen LogP contribution in [0.2, 0.25) is 5.02 Å². The molecule has 0 bridgehead atoms. The lowest BCUT2D eigenvalue weighted by atomic mass is 10.1. The number of carbonyl (C=O) groups excluding carboxylic acids is 1. The van der Waals surface area contributed by atoms with Crippen LogP contribution in [0.5, 0.6) is 17.2 Å². The Labute approximate surface area is 158 Å². The number of hydrogen-bond donors (Lipinski definition) is 1. The first-order valence-corrected chi connectivity index (χ1v) is 9.04. The molecule has 0 aromatic heterocycles. The molecule has 138 valence electrons. The molecule has 26 heavy (non-hydrogen) atoms. The summed E-state index contributed by atoms with van der Waals surface area (Å²) in [4.78, 5) is 12.1. The number of aryl methyl sites for hydroxylation is 1. The largest absolute Gasteiger partial charge is 0.492 e.